The number of hydrogen-bond donors (Lipinski definition) is 1. The Morgan fingerprint density at radius 1 is 1.00 bits per heavy atom. The molecule has 2 aromatic rings. The van der Waals surface area contributed by atoms with Gasteiger partial charge in [-0.2, -0.15) is 0 Å². The van der Waals surface area contributed by atoms with Gasteiger partial charge in [0.05, 0.1) is 5.60 Å². The molecular weight excluding hydrogens is 368 g/mol. The van der Waals surface area contributed by atoms with E-state index < -0.39 is 5.60 Å². The van der Waals surface area contributed by atoms with E-state index in [2.05, 4.69) is 56.1 Å². The third-order valence-corrected chi connectivity index (χ3v) is 4.99. The Labute approximate surface area is 130 Å². The molecule has 1 aliphatic rings. The highest BCUT2D eigenvalue weighted by molar-refractivity contribution is 9.10. The standard InChI is InChI=1S/C16H16Br2O/c1-16(2,19)12-3-9-5-13(17)7-11-8-14(18)6-10(4-12)15(9)11/h5-8,12,19H,3-4H2,1-2H3. The van der Waals surface area contributed by atoms with E-state index in [1.54, 1.807) is 0 Å². The largest absolute Gasteiger partial charge is 0.390 e. The second-order valence-electron chi connectivity index (χ2n) is 5.99. The van der Waals surface area contributed by atoms with Crippen LogP contribution in [-0.2, 0) is 12.8 Å². The fraction of sp³-hybridized carbons (Fsp3) is 0.375. The van der Waals surface area contributed by atoms with E-state index in [1.165, 1.54) is 21.9 Å². The molecule has 0 amide bonds. The molecule has 0 aromatic heterocycles. The summed E-state index contributed by atoms with van der Waals surface area (Å²) in [7, 11) is 0. The third-order valence-electron chi connectivity index (χ3n) is 4.07. The molecule has 0 unspecified atom stereocenters. The highest BCUT2D eigenvalue weighted by Crippen LogP contribution is 2.39. The molecule has 1 nitrogen and oxygen atoms in total. The Morgan fingerprint density at radius 2 is 1.47 bits per heavy atom. The maximum absolute atomic E-state index is 10.3. The Morgan fingerprint density at radius 3 is 1.89 bits per heavy atom. The predicted molar refractivity (Wildman–Crippen MR) is 86.5 cm³/mol. The molecule has 0 saturated heterocycles. The number of rotatable bonds is 1. The Balaban J connectivity index is 2.24. The third kappa shape index (κ3) is 2.48. The number of benzene rings is 2. The average molecular weight is 384 g/mol. The minimum Gasteiger partial charge on any atom is -0.390 e. The van der Waals surface area contributed by atoms with Crippen LogP contribution in [-0.4, -0.2) is 10.7 Å². The Kier molecular flexibility index (Phi) is 3.27. The van der Waals surface area contributed by atoms with Crippen molar-refractivity contribution in [1.82, 2.24) is 0 Å². The quantitative estimate of drug-likeness (QED) is 0.746. The van der Waals surface area contributed by atoms with Gasteiger partial charge in [0.1, 0.15) is 0 Å². The van der Waals surface area contributed by atoms with Crippen LogP contribution in [0.25, 0.3) is 10.8 Å². The van der Waals surface area contributed by atoms with Gasteiger partial charge in [0.2, 0.25) is 0 Å². The van der Waals surface area contributed by atoms with E-state index in [0.29, 0.717) is 0 Å². The summed E-state index contributed by atoms with van der Waals surface area (Å²) in [6.07, 6.45) is 1.88. The normalized spacial score (nSPS) is 16.1. The predicted octanol–water partition coefficient (Wildman–Crippen LogP) is 4.85. The fourth-order valence-electron chi connectivity index (χ4n) is 3.05. The zero-order chi connectivity index (χ0) is 13.8. The first-order valence-electron chi connectivity index (χ1n) is 6.47. The zero-order valence-electron chi connectivity index (χ0n) is 11.0. The van der Waals surface area contributed by atoms with Gasteiger partial charge in [-0.05, 0) is 78.8 Å². The maximum Gasteiger partial charge on any atom is 0.0626 e. The molecule has 0 heterocycles. The summed E-state index contributed by atoms with van der Waals surface area (Å²) in [5.74, 6) is 0.270. The molecule has 2 aromatic carbocycles. The number of aliphatic hydroxyl groups is 1. The van der Waals surface area contributed by atoms with Gasteiger partial charge in [-0.1, -0.05) is 31.9 Å². The van der Waals surface area contributed by atoms with Crippen molar-refractivity contribution in [3.05, 3.63) is 44.3 Å². The molecule has 1 aliphatic carbocycles. The summed E-state index contributed by atoms with van der Waals surface area (Å²) in [6, 6.07) is 8.71. The van der Waals surface area contributed by atoms with Gasteiger partial charge < -0.3 is 5.11 Å². The first kappa shape index (κ1) is 13.6. The van der Waals surface area contributed by atoms with Crippen molar-refractivity contribution in [3.8, 4) is 0 Å². The van der Waals surface area contributed by atoms with Gasteiger partial charge >= 0.3 is 0 Å². The van der Waals surface area contributed by atoms with Crippen LogP contribution in [0.2, 0.25) is 0 Å². The molecule has 3 heteroatoms. The maximum atomic E-state index is 10.3. The van der Waals surface area contributed by atoms with Gasteiger partial charge in [0.15, 0.2) is 0 Å². The smallest absolute Gasteiger partial charge is 0.0626 e. The summed E-state index contributed by atoms with van der Waals surface area (Å²) in [6.45, 7) is 3.83. The van der Waals surface area contributed by atoms with E-state index in [0.717, 1.165) is 21.8 Å². The monoisotopic (exact) mass is 382 g/mol. The van der Waals surface area contributed by atoms with Crippen LogP contribution < -0.4 is 0 Å². The van der Waals surface area contributed by atoms with Crippen LogP contribution in [0.5, 0.6) is 0 Å². The Hall–Kier alpha value is -0.380. The van der Waals surface area contributed by atoms with Crippen molar-refractivity contribution < 1.29 is 5.11 Å². The summed E-state index contributed by atoms with van der Waals surface area (Å²) >= 11 is 7.18. The molecule has 0 saturated carbocycles. The molecule has 1 N–H and O–H groups in total. The van der Waals surface area contributed by atoms with E-state index >= 15 is 0 Å². The van der Waals surface area contributed by atoms with Gasteiger partial charge in [0, 0.05) is 8.95 Å². The lowest BCUT2D eigenvalue weighted by atomic mass is 9.75. The first-order chi connectivity index (χ1) is 8.84. The summed E-state index contributed by atoms with van der Waals surface area (Å²) in [5, 5.41) is 13.0. The number of halogens is 2. The van der Waals surface area contributed by atoms with Crippen molar-refractivity contribution in [2.45, 2.75) is 32.3 Å². The van der Waals surface area contributed by atoms with Crippen molar-refractivity contribution in [1.29, 1.82) is 0 Å². The van der Waals surface area contributed by atoms with Gasteiger partial charge in [-0.25, -0.2) is 0 Å². The van der Waals surface area contributed by atoms with Crippen LogP contribution in [0, 0.1) is 5.92 Å². The fourth-order valence-corrected chi connectivity index (χ4v) is 4.09. The van der Waals surface area contributed by atoms with Crippen LogP contribution in [0.3, 0.4) is 0 Å². The van der Waals surface area contributed by atoms with E-state index in [9.17, 15) is 5.11 Å². The van der Waals surface area contributed by atoms with E-state index in [4.69, 9.17) is 0 Å². The lowest BCUT2D eigenvalue weighted by Crippen LogP contribution is -2.35. The van der Waals surface area contributed by atoms with Crippen molar-refractivity contribution in [3.63, 3.8) is 0 Å². The molecule has 0 spiro atoms. The molecule has 3 rings (SSSR count). The molecule has 0 fully saturated rings. The van der Waals surface area contributed by atoms with Crippen LogP contribution in [0.15, 0.2) is 33.2 Å². The van der Waals surface area contributed by atoms with Crippen LogP contribution in [0.4, 0.5) is 0 Å². The van der Waals surface area contributed by atoms with Gasteiger partial charge in [0.25, 0.3) is 0 Å². The molecule has 0 aliphatic heterocycles. The van der Waals surface area contributed by atoms with Crippen LogP contribution in [0.1, 0.15) is 25.0 Å². The Bertz CT molecular complexity index is 609. The molecule has 0 atom stereocenters. The first-order valence-corrected chi connectivity index (χ1v) is 8.06. The highest BCUT2D eigenvalue weighted by atomic mass is 79.9. The van der Waals surface area contributed by atoms with Gasteiger partial charge in [-0.3, -0.25) is 0 Å². The van der Waals surface area contributed by atoms with Gasteiger partial charge in [-0.15, -0.1) is 0 Å². The van der Waals surface area contributed by atoms with E-state index in [-0.39, 0.29) is 5.92 Å². The SMILES string of the molecule is CC(C)(O)C1Cc2cc(Br)cc3cc(Br)cc(c23)C1. The van der Waals surface area contributed by atoms with Crippen LogP contribution >= 0.6 is 31.9 Å². The molecule has 0 bridgehead atoms. The second kappa shape index (κ2) is 4.57. The lowest BCUT2D eigenvalue weighted by molar-refractivity contribution is 0.0164. The summed E-state index contributed by atoms with van der Waals surface area (Å²) in [4.78, 5) is 0. The molecule has 0 radical (unpaired) electrons. The molecule has 100 valence electrons. The topological polar surface area (TPSA) is 20.2 Å². The molecule has 19 heavy (non-hydrogen) atoms. The van der Waals surface area contributed by atoms with Crippen molar-refractivity contribution >= 4 is 42.6 Å². The summed E-state index contributed by atoms with van der Waals surface area (Å²) < 4.78 is 2.21. The highest BCUT2D eigenvalue weighted by Gasteiger charge is 2.31. The minimum atomic E-state index is -0.644. The number of hydrogen-bond acceptors (Lipinski definition) is 1. The second-order valence-corrected chi connectivity index (χ2v) is 7.82. The van der Waals surface area contributed by atoms with Crippen molar-refractivity contribution in [2.24, 2.45) is 5.92 Å². The summed E-state index contributed by atoms with van der Waals surface area (Å²) in [5.41, 5.74) is 2.03. The van der Waals surface area contributed by atoms with Crippen molar-refractivity contribution in [2.75, 3.05) is 0 Å². The molecular formula is C16H16Br2O. The minimum absolute atomic E-state index is 0.270. The zero-order valence-corrected chi connectivity index (χ0v) is 14.2. The average Bonchev–Trinajstić information content (AvgIpc) is 2.25. The lowest BCUT2D eigenvalue weighted by Gasteiger charge is -2.34. The van der Waals surface area contributed by atoms with E-state index in [1.807, 2.05) is 13.8 Å².